The Kier molecular flexibility index (Phi) is 4.73. The normalized spacial score (nSPS) is 13.6. The molecule has 3 heterocycles. The molecule has 0 aliphatic carbocycles. The van der Waals surface area contributed by atoms with Crippen molar-refractivity contribution in [2.75, 3.05) is 5.73 Å². The molecular formula is C16H17ClN6O. The number of pyridine rings is 2. The Morgan fingerprint density at radius 3 is 2.83 bits per heavy atom. The van der Waals surface area contributed by atoms with Crippen molar-refractivity contribution in [3.8, 4) is 11.3 Å². The monoisotopic (exact) mass is 344 g/mol. The number of halogens is 1. The molecule has 0 spiro atoms. The van der Waals surface area contributed by atoms with Crippen LogP contribution in [0.2, 0.25) is 5.02 Å². The number of hydrogen-bond acceptors (Lipinski definition) is 6. The van der Waals surface area contributed by atoms with E-state index in [2.05, 4.69) is 20.3 Å². The summed E-state index contributed by atoms with van der Waals surface area (Å²) in [7, 11) is 0. The number of aromatic nitrogens is 5. The van der Waals surface area contributed by atoms with E-state index in [0.29, 0.717) is 28.6 Å². The van der Waals surface area contributed by atoms with Gasteiger partial charge >= 0.3 is 0 Å². The molecule has 3 rings (SSSR count). The minimum atomic E-state index is -0.614. The number of aliphatic hydroxyl groups excluding tert-OH is 1. The molecule has 2 atom stereocenters. The zero-order valence-electron chi connectivity index (χ0n) is 13.0. The third-order valence-corrected chi connectivity index (χ3v) is 4.09. The molecule has 3 aromatic heterocycles. The summed E-state index contributed by atoms with van der Waals surface area (Å²) in [6.07, 6.45) is 6.00. The van der Waals surface area contributed by atoms with Crippen LogP contribution in [-0.4, -0.2) is 36.2 Å². The second kappa shape index (κ2) is 6.94. The lowest BCUT2D eigenvalue weighted by Crippen LogP contribution is -2.22. The van der Waals surface area contributed by atoms with Crippen molar-refractivity contribution < 1.29 is 5.11 Å². The van der Waals surface area contributed by atoms with Crippen molar-refractivity contribution in [3.63, 3.8) is 0 Å². The molecule has 0 aromatic carbocycles. The highest BCUT2D eigenvalue weighted by Crippen LogP contribution is 2.25. The van der Waals surface area contributed by atoms with E-state index in [4.69, 9.17) is 17.3 Å². The van der Waals surface area contributed by atoms with Crippen molar-refractivity contribution in [3.05, 3.63) is 53.6 Å². The Bertz CT molecular complexity index is 822. The summed E-state index contributed by atoms with van der Waals surface area (Å²) < 4.78 is 1.58. The van der Waals surface area contributed by atoms with Gasteiger partial charge in [0, 0.05) is 30.1 Å². The van der Waals surface area contributed by atoms with Crippen LogP contribution in [0, 0.1) is 0 Å². The second-order valence-electron chi connectivity index (χ2n) is 5.55. The summed E-state index contributed by atoms with van der Waals surface area (Å²) in [5, 5.41) is 19.0. The molecule has 3 N–H and O–H groups in total. The van der Waals surface area contributed by atoms with E-state index >= 15 is 0 Å². The van der Waals surface area contributed by atoms with Gasteiger partial charge in [0.15, 0.2) is 0 Å². The Balaban J connectivity index is 1.75. The number of nitrogens with zero attached hydrogens (tertiary/aromatic N) is 5. The van der Waals surface area contributed by atoms with Gasteiger partial charge in [0.2, 0.25) is 0 Å². The Labute approximate surface area is 144 Å². The number of anilines is 1. The van der Waals surface area contributed by atoms with Crippen molar-refractivity contribution in [1.82, 2.24) is 25.0 Å². The van der Waals surface area contributed by atoms with Crippen LogP contribution in [0.4, 0.5) is 5.82 Å². The molecule has 0 amide bonds. The van der Waals surface area contributed by atoms with E-state index < -0.39 is 6.10 Å². The first-order valence-corrected chi connectivity index (χ1v) is 7.82. The summed E-state index contributed by atoms with van der Waals surface area (Å²) in [6.45, 7) is 2.26. The lowest BCUT2D eigenvalue weighted by atomic mass is 9.96. The van der Waals surface area contributed by atoms with Gasteiger partial charge in [-0.1, -0.05) is 23.7 Å². The van der Waals surface area contributed by atoms with Gasteiger partial charge in [-0.3, -0.25) is 4.98 Å². The molecule has 0 fully saturated rings. The molecule has 0 saturated carbocycles. The Hall–Kier alpha value is -2.51. The fourth-order valence-corrected chi connectivity index (χ4v) is 2.56. The largest absolute Gasteiger partial charge is 0.391 e. The summed E-state index contributed by atoms with van der Waals surface area (Å²) in [4.78, 5) is 7.99. The van der Waals surface area contributed by atoms with Crippen LogP contribution in [0.1, 0.15) is 18.4 Å². The zero-order valence-corrected chi connectivity index (χ0v) is 13.8. The zero-order chi connectivity index (χ0) is 17.1. The molecule has 0 bridgehead atoms. The van der Waals surface area contributed by atoms with Crippen LogP contribution in [0.15, 0.2) is 43.0 Å². The number of nitrogens with two attached hydrogens (primary N) is 1. The third kappa shape index (κ3) is 3.52. The van der Waals surface area contributed by atoms with Crippen LogP contribution >= 0.6 is 11.6 Å². The van der Waals surface area contributed by atoms with Gasteiger partial charge in [-0.25, -0.2) is 9.67 Å². The highest BCUT2D eigenvalue weighted by molar-refractivity contribution is 6.30. The van der Waals surface area contributed by atoms with Gasteiger partial charge in [0.25, 0.3) is 0 Å². The summed E-state index contributed by atoms with van der Waals surface area (Å²) >= 11 is 5.95. The van der Waals surface area contributed by atoms with E-state index in [-0.39, 0.29) is 5.92 Å². The number of rotatable bonds is 5. The first-order valence-electron chi connectivity index (χ1n) is 7.44. The van der Waals surface area contributed by atoms with E-state index in [1.165, 1.54) is 6.20 Å². The summed E-state index contributed by atoms with van der Waals surface area (Å²) in [5.74, 6) is 0.274. The summed E-state index contributed by atoms with van der Waals surface area (Å²) in [6, 6.07) is 5.46. The second-order valence-corrected chi connectivity index (χ2v) is 5.99. The number of nitrogen functional groups attached to an aromatic ring is 1. The molecule has 3 aromatic rings. The van der Waals surface area contributed by atoms with Gasteiger partial charge < -0.3 is 10.8 Å². The van der Waals surface area contributed by atoms with Crippen LogP contribution in [0.3, 0.4) is 0 Å². The number of hydrogen-bond donors (Lipinski definition) is 2. The predicted molar refractivity (Wildman–Crippen MR) is 91.3 cm³/mol. The highest BCUT2D eigenvalue weighted by Gasteiger charge is 2.18. The molecule has 24 heavy (non-hydrogen) atoms. The van der Waals surface area contributed by atoms with Crippen molar-refractivity contribution in [2.45, 2.75) is 25.5 Å². The first kappa shape index (κ1) is 16.4. The van der Waals surface area contributed by atoms with Gasteiger partial charge in [0.1, 0.15) is 11.5 Å². The lowest BCUT2D eigenvalue weighted by Gasteiger charge is -2.18. The van der Waals surface area contributed by atoms with Crippen LogP contribution in [0.25, 0.3) is 11.3 Å². The SMILES string of the molecule is CC(c1ccncc1)C(O)Cn1cc(-c2cc(Cl)cnc2N)nn1. The van der Waals surface area contributed by atoms with E-state index in [9.17, 15) is 5.11 Å². The van der Waals surface area contributed by atoms with Gasteiger partial charge in [0.05, 0.1) is 23.9 Å². The average molecular weight is 345 g/mol. The van der Waals surface area contributed by atoms with E-state index in [0.717, 1.165) is 5.56 Å². The molecule has 7 nitrogen and oxygen atoms in total. The van der Waals surface area contributed by atoms with Crippen molar-refractivity contribution >= 4 is 17.4 Å². The highest BCUT2D eigenvalue weighted by atomic mass is 35.5. The van der Waals surface area contributed by atoms with Crippen LogP contribution < -0.4 is 5.73 Å². The molecular weight excluding hydrogens is 328 g/mol. The van der Waals surface area contributed by atoms with E-state index in [1.54, 1.807) is 29.3 Å². The van der Waals surface area contributed by atoms with E-state index in [1.807, 2.05) is 19.1 Å². The molecule has 0 aliphatic rings. The fraction of sp³-hybridized carbons (Fsp3) is 0.250. The van der Waals surface area contributed by atoms with Gasteiger partial charge in [-0.2, -0.15) is 0 Å². The standard InChI is InChI=1S/C16H17ClN6O/c1-10(11-2-4-19-5-3-11)15(24)9-23-8-14(21-22-23)13-6-12(17)7-20-16(13)18/h2-8,10,15,24H,9H2,1H3,(H2,18,20). The molecule has 0 aliphatic heterocycles. The molecule has 124 valence electrons. The van der Waals surface area contributed by atoms with Gasteiger partial charge in [-0.15, -0.1) is 5.10 Å². The smallest absolute Gasteiger partial charge is 0.133 e. The topological polar surface area (TPSA) is 103 Å². The van der Waals surface area contributed by atoms with Crippen molar-refractivity contribution in [2.24, 2.45) is 0 Å². The minimum absolute atomic E-state index is 0.0569. The maximum Gasteiger partial charge on any atom is 0.133 e. The minimum Gasteiger partial charge on any atom is -0.391 e. The van der Waals surface area contributed by atoms with Gasteiger partial charge in [-0.05, 0) is 23.8 Å². The maximum atomic E-state index is 10.4. The number of aliphatic hydroxyl groups is 1. The predicted octanol–water partition coefficient (Wildman–Crippen LogP) is 2.14. The fourth-order valence-electron chi connectivity index (χ4n) is 2.40. The third-order valence-electron chi connectivity index (χ3n) is 3.88. The molecule has 8 heteroatoms. The van der Waals surface area contributed by atoms with Crippen LogP contribution in [-0.2, 0) is 6.54 Å². The average Bonchev–Trinajstić information content (AvgIpc) is 3.05. The first-order chi connectivity index (χ1) is 11.5. The molecule has 0 radical (unpaired) electrons. The lowest BCUT2D eigenvalue weighted by molar-refractivity contribution is 0.124. The summed E-state index contributed by atoms with van der Waals surface area (Å²) in [5.41, 5.74) is 8.05. The van der Waals surface area contributed by atoms with Crippen LogP contribution in [0.5, 0.6) is 0 Å². The molecule has 0 saturated heterocycles. The van der Waals surface area contributed by atoms with Crippen molar-refractivity contribution in [1.29, 1.82) is 0 Å². The maximum absolute atomic E-state index is 10.4. The Morgan fingerprint density at radius 1 is 1.33 bits per heavy atom. The Morgan fingerprint density at radius 2 is 2.08 bits per heavy atom. The molecule has 2 unspecified atom stereocenters. The quantitative estimate of drug-likeness (QED) is 0.735.